The Hall–Kier alpha value is -1.51. The van der Waals surface area contributed by atoms with E-state index in [2.05, 4.69) is 32.0 Å². The van der Waals surface area contributed by atoms with E-state index >= 15 is 0 Å². The van der Waals surface area contributed by atoms with E-state index in [1.807, 2.05) is 19.1 Å². The molecule has 0 bridgehead atoms. The summed E-state index contributed by atoms with van der Waals surface area (Å²) in [6, 6.07) is 6.20. The summed E-state index contributed by atoms with van der Waals surface area (Å²) < 4.78 is 6.10. The first-order chi connectivity index (χ1) is 9.00. The lowest BCUT2D eigenvalue weighted by Gasteiger charge is -2.35. The van der Waals surface area contributed by atoms with Crippen LogP contribution in [-0.2, 0) is 11.3 Å². The van der Waals surface area contributed by atoms with Crippen molar-refractivity contribution in [3.8, 4) is 5.75 Å². The van der Waals surface area contributed by atoms with Gasteiger partial charge in [0, 0.05) is 0 Å². The van der Waals surface area contributed by atoms with Gasteiger partial charge in [0.1, 0.15) is 18.5 Å². The predicted molar refractivity (Wildman–Crippen MR) is 77.9 cm³/mol. The molecule has 1 aromatic carbocycles. The maximum absolute atomic E-state index is 6.10. The summed E-state index contributed by atoms with van der Waals surface area (Å²) in [5.74, 6) is 1.01. The van der Waals surface area contributed by atoms with E-state index in [-0.39, 0.29) is 5.41 Å². The van der Waals surface area contributed by atoms with Gasteiger partial charge in [0.05, 0.1) is 6.21 Å². The van der Waals surface area contributed by atoms with Gasteiger partial charge >= 0.3 is 0 Å². The van der Waals surface area contributed by atoms with Gasteiger partial charge in [0.15, 0.2) is 0 Å². The monoisotopic (exact) mass is 261 g/mol. The zero-order valence-corrected chi connectivity index (χ0v) is 12.3. The second-order valence-corrected chi connectivity index (χ2v) is 6.03. The zero-order valence-electron chi connectivity index (χ0n) is 12.3. The molecule has 3 nitrogen and oxygen atoms in total. The summed E-state index contributed by atoms with van der Waals surface area (Å²) in [5, 5.41) is 3.90. The van der Waals surface area contributed by atoms with Crippen molar-refractivity contribution >= 4 is 6.21 Å². The van der Waals surface area contributed by atoms with Crippen molar-refractivity contribution in [2.45, 2.75) is 46.6 Å². The third kappa shape index (κ3) is 3.49. The van der Waals surface area contributed by atoms with Gasteiger partial charge in [-0.1, -0.05) is 25.9 Å². The van der Waals surface area contributed by atoms with Gasteiger partial charge in [0.2, 0.25) is 0 Å². The molecule has 0 aromatic heterocycles. The predicted octanol–water partition coefficient (Wildman–Crippen LogP) is 3.80. The topological polar surface area (TPSA) is 30.8 Å². The molecule has 0 radical (unpaired) electrons. The Morgan fingerprint density at radius 3 is 2.89 bits per heavy atom. The highest BCUT2D eigenvalue weighted by Gasteiger charge is 2.30. The number of ether oxygens (including phenoxy) is 1. The molecular formula is C16H23NO2. The second kappa shape index (κ2) is 5.64. The van der Waals surface area contributed by atoms with Crippen LogP contribution in [0, 0.1) is 5.41 Å². The van der Waals surface area contributed by atoms with Gasteiger partial charge in [0.25, 0.3) is 0 Å². The second-order valence-electron chi connectivity index (χ2n) is 6.03. The molecule has 1 aliphatic rings. The van der Waals surface area contributed by atoms with Crippen LogP contribution in [0.3, 0.4) is 0 Å². The lowest BCUT2D eigenvalue weighted by Crippen LogP contribution is -2.35. The number of oxime groups is 1. The van der Waals surface area contributed by atoms with Gasteiger partial charge in [-0.2, -0.15) is 0 Å². The Morgan fingerprint density at radius 1 is 1.42 bits per heavy atom. The standard InChI is InChI=1S/C16H23NO2/c1-5-18-17-11-12-6-8-14-13(10-12)7-9-15(19-14)16(2,3)4/h6,8,10-11,15H,5,7,9H2,1-4H3/b17-11+. The van der Waals surface area contributed by atoms with Crippen molar-refractivity contribution in [3.05, 3.63) is 29.3 Å². The van der Waals surface area contributed by atoms with E-state index < -0.39 is 0 Å². The molecule has 2 rings (SSSR count). The molecule has 0 spiro atoms. The van der Waals surface area contributed by atoms with Gasteiger partial charge < -0.3 is 9.57 Å². The van der Waals surface area contributed by atoms with Crippen molar-refractivity contribution in [2.24, 2.45) is 10.6 Å². The molecule has 1 atom stereocenters. The molecule has 1 heterocycles. The van der Waals surface area contributed by atoms with Crippen LogP contribution in [0.4, 0.5) is 0 Å². The van der Waals surface area contributed by atoms with Crippen molar-refractivity contribution in [1.29, 1.82) is 0 Å². The van der Waals surface area contributed by atoms with Crippen LogP contribution in [0.2, 0.25) is 0 Å². The van der Waals surface area contributed by atoms with Crippen molar-refractivity contribution < 1.29 is 9.57 Å². The first-order valence-electron chi connectivity index (χ1n) is 6.95. The summed E-state index contributed by atoms with van der Waals surface area (Å²) in [4.78, 5) is 4.98. The number of aryl methyl sites for hydroxylation is 1. The Balaban J connectivity index is 2.12. The molecule has 0 saturated carbocycles. The van der Waals surface area contributed by atoms with Crippen LogP contribution in [-0.4, -0.2) is 18.9 Å². The lowest BCUT2D eigenvalue weighted by molar-refractivity contribution is 0.0675. The average Bonchev–Trinajstić information content (AvgIpc) is 2.37. The SMILES string of the molecule is CCO/N=C/c1ccc2c(c1)CCC(C(C)(C)C)O2. The molecular weight excluding hydrogens is 238 g/mol. The summed E-state index contributed by atoms with van der Waals surface area (Å²) in [7, 11) is 0. The summed E-state index contributed by atoms with van der Waals surface area (Å²) in [6.45, 7) is 9.20. The van der Waals surface area contributed by atoms with Crippen molar-refractivity contribution in [2.75, 3.05) is 6.61 Å². The van der Waals surface area contributed by atoms with Crippen LogP contribution < -0.4 is 4.74 Å². The number of rotatable bonds is 3. The Bertz CT molecular complexity index is 460. The summed E-state index contributed by atoms with van der Waals surface area (Å²) in [5.41, 5.74) is 2.51. The number of hydrogen-bond acceptors (Lipinski definition) is 3. The maximum atomic E-state index is 6.10. The fourth-order valence-electron chi connectivity index (χ4n) is 2.27. The zero-order chi connectivity index (χ0) is 13.9. The van der Waals surface area contributed by atoms with Gasteiger partial charge in [-0.05, 0) is 54.5 Å². The Morgan fingerprint density at radius 2 is 2.21 bits per heavy atom. The maximum Gasteiger partial charge on any atom is 0.122 e. The fraction of sp³-hybridized carbons (Fsp3) is 0.562. The van der Waals surface area contributed by atoms with E-state index in [9.17, 15) is 0 Å². The molecule has 3 heteroatoms. The molecule has 0 amide bonds. The highest BCUT2D eigenvalue weighted by Crippen LogP contribution is 2.35. The van der Waals surface area contributed by atoms with E-state index in [1.165, 1.54) is 5.56 Å². The molecule has 1 aromatic rings. The first kappa shape index (κ1) is 13.9. The highest BCUT2D eigenvalue weighted by atomic mass is 16.6. The molecule has 0 aliphatic carbocycles. The molecule has 0 saturated heterocycles. The minimum Gasteiger partial charge on any atom is -0.490 e. The van der Waals surface area contributed by atoms with Gasteiger partial charge in [-0.25, -0.2) is 0 Å². The molecule has 1 unspecified atom stereocenters. The third-order valence-electron chi connectivity index (χ3n) is 3.40. The van der Waals surface area contributed by atoms with Gasteiger partial charge in [-0.3, -0.25) is 0 Å². The Kier molecular flexibility index (Phi) is 4.13. The summed E-state index contributed by atoms with van der Waals surface area (Å²) in [6.07, 6.45) is 4.18. The number of benzene rings is 1. The average molecular weight is 261 g/mol. The van der Waals surface area contributed by atoms with E-state index in [1.54, 1.807) is 6.21 Å². The van der Waals surface area contributed by atoms with Crippen LogP contribution in [0.15, 0.2) is 23.4 Å². The molecule has 1 aliphatic heterocycles. The van der Waals surface area contributed by atoms with E-state index in [0.717, 1.165) is 24.2 Å². The van der Waals surface area contributed by atoms with Crippen LogP contribution in [0.25, 0.3) is 0 Å². The van der Waals surface area contributed by atoms with Crippen molar-refractivity contribution in [1.82, 2.24) is 0 Å². The van der Waals surface area contributed by atoms with E-state index in [4.69, 9.17) is 9.57 Å². The molecule has 19 heavy (non-hydrogen) atoms. The lowest BCUT2D eigenvalue weighted by atomic mass is 9.84. The highest BCUT2D eigenvalue weighted by molar-refractivity contribution is 5.79. The largest absolute Gasteiger partial charge is 0.490 e. The number of hydrogen-bond donors (Lipinski definition) is 0. The first-order valence-corrected chi connectivity index (χ1v) is 6.95. The molecule has 104 valence electrons. The minimum atomic E-state index is 0.187. The smallest absolute Gasteiger partial charge is 0.122 e. The van der Waals surface area contributed by atoms with Crippen LogP contribution in [0.5, 0.6) is 5.75 Å². The molecule has 0 N–H and O–H groups in total. The van der Waals surface area contributed by atoms with E-state index in [0.29, 0.717) is 12.7 Å². The third-order valence-corrected chi connectivity index (χ3v) is 3.40. The molecule has 0 fully saturated rings. The van der Waals surface area contributed by atoms with Crippen molar-refractivity contribution in [3.63, 3.8) is 0 Å². The van der Waals surface area contributed by atoms with Crippen LogP contribution >= 0.6 is 0 Å². The summed E-state index contributed by atoms with van der Waals surface area (Å²) >= 11 is 0. The minimum absolute atomic E-state index is 0.187. The van der Waals surface area contributed by atoms with Crippen LogP contribution in [0.1, 0.15) is 45.2 Å². The normalized spacial score (nSPS) is 19.1. The number of fused-ring (bicyclic) bond motifs is 1. The Labute approximate surface area is 115 Å². The van der Waals surface area contributed by atoms with Gasteiger partial charge in [-0.15, -0.1) is 0 Å². The number of nitrogens with zero attached hydrogens (tertiary/aromatic N) is 1. The quantitative estimate of drug-likeness (QED) is 0.612. The fourth-order valence-corrected chi connectivity index (χ4v) is 2.27.